The van der Waals surface area contributed by atoms with Crippen LogP contribution in [-0.4, -0.2) is 67.4 Å². The van der Waals surface area contributed by atoms with Gasteiger partial charge in [0, 0.05) is 18.0 Å². The molecule has 1 aromatic rings. The fourth-order valence-electron chi connectivity index (χ4n) is 3.63. The van der Waals surface area contributed by atoms with E-state index in [2.05, 4.69) is 12.2 Å². The number of hydrogen-bond acceptors (Lipinski definition) is 6. The van der Waals surface area contributed by atoms with Crippen LogP contribution in [0.2, 0.25) is 0 Å². The number of likely N-dealkylation sites (N-methyl/N-ethyl adjacent to an activating group) is 2. The fourth-order valence-corrected chi connectivity index (χ4v) is 5.05. The normalized spacial score (nSPS) is 15.7. The van der Waals surface area contributed by atoms with Crippen LogP contribution in [0, 0.1) is 5.92 Å². The van der Waals surface area contributed by atoms with E-state index in [1.165, 1.54) is 11.3 Å². The summed E-state index contributed by atoms with van der Waals surface area (Å²) in [6.45, 7) is 9.70. The van der Waals surface area contributed by atoms with Gasteiger partial charge in [0.25, 0.3) is 0 Å². The van der Waals surface area contributed by atoms with Crippen LogP contribution in [0.3, 0.4) is 0 Å². The zero-order valence-corrected chi connectivity index (χ0v) is 19.0. The molecule has 2 rings (SSSR count). The molecule has 7 nitrogen and oxygen atoms in total. The molecular weight excluding hydrogens is 390 g/mol. The Kier molecular flexibility index (Phi) is 8.64. The third kappa shape index (κ3) is 6.02. The molecule has 162 valence electrons. The lowest BCUT2D eigenvalue weighted by Gasteiger charge is -2.22. The van der Waals surface area contributed by atoms with E-state index in [0.29, 0.717) is 36.2 Å². The number of esters is 1. The van der Waals surface area contributed by atoms with Crippen LogP contribution in [0.4, 0.5) is 5.00 Å². The molecule has 0 unspecified atom stereocenters. The Morgan fingerprint density at radius 3 is 2.48 bits per heavy atom. The Bertz CT molecular complexity index is 743. The van der Waals surface area contributed by atoms with Crippen LogP contribution < -0.4 is 5.32 Å². The predicted octanol–water partition coefficient (Wildman–Crippen LogP) is 2.79. The minimum absolute atomic E-state index is 0.00177. The first-order valence-corrected chi connectivity index (χ1v) is 11.2. The summed E-state index contributed by atoms with van der Waals surface area (Å²) in [6, 6.07) is 0. The summed E-state index contributed by atoms with van der Waals surface area (Å²) in [5.74, 6) is -0.0491. The average Bonchev–Trinajstić information content (AvgIpc) is 2.99. The Hall–Kier alpha value is -1.93. The molecule has 8 heteroatoms. The van der Waals surface area contributed by atoms with Crippen molar-refractivity contribution >= 4 is 34.1 Å². The first-order valence-electron chi connectivity index (χ1n) is 10.4. The van der Waals surface area contributed by atoms with Crippen LogP contribution in [0.1, 0.15) is 54.9 Å². The highest BCUT2D eigenvalue weighted by Gasteiger charge is 2.29. The van der Waals surface area contributed by atoms with E-state index in [-0.39, 0.29) is 30.9 Å². The number of carbonyl (C=O) groups excluding carboxylic acids is 3. The smallest absolute Gasteiger partial charge is 0.341 e. The van der Waals surface area contributed by atoms with E-state index >= 15 is 0 Å². The van der Waals surface area contributed by atoms with Crippen molar-refractivity contribution in [3.05, 3.63) is 16.0 Å². The van der Waals surface area contributed by atoms with E-state index in [0.717, 1.165) is 29.7 Å². The predicted molar refractivity (Wildman–Crippen MR) is 116 cm³/mol. The van der Waals surface area contributed by atoms with E-state index < -0.39 is 0 Å². The second-order valence-electron chi connectivity index (χ2n) is 7.56. The summed E-state index contributed by atoms with van der Waals surface area (Å²) in [5, 5.41) is 3.46. The number of nitrogens with one attached hydrogen (secondary N) is 1. The monoisotopic (exact) mass is 423 g/mol. The molecule has 0 spiro atoms. The van der Waals surface area contributed by atoms with Crippen molar-refractivity contribution in [1.82, 2.24) is 9.80 Å². The maximum Gasteiger partial charge on any atom is 0.341 e. The van der Waals surface area contributed by atoms with Crippen LogP contribution in [0.25, 0.3) is 0 Å². The number of carbonyl (C=O) groups is 3. The number of amides is 2. The lowest BCUT2D eigenvalue weighted by molar-refractivity contribution is -0.132. The van der Waals surface area contributed by atoms with Gasteiger partial charge < -0.3 is 15.0 Å². The molecule has 2 amide bonds. The quantitative estimate of drug-likeness (QED) is 0.618. The highest BCUT2D eigenvalue weighted by atomic mass is 32.1. The third-order valence-electron chi connectivity index (χ3n) is 5.18. The fraction of sp³-hybridized carbons (Fsp3) is 0.667. The molecule has 1 atom stereocenters. The topological polar surface area (TPSA) is 79.0 Å². The zero-order valence-electron chi connectivity index (χ0n) is 18.2. The summed E-state index contributed by atoms with van der Waals surface area (Å²) in [5.41, 5.74) is 1.53. The average molecular weight is 424 g/mol. The Morgan fingerprint density at radius 2 is 1.86 bits per heavy atom. The zero-order chi connectivity index (χ0) is 21.6. The van der Waals surface area contributed by atoms with Crippen molar-refractivity contribution in [3.8, 4) is 0 Å². The van der Waals surface area contributed by atoms with Gasteiger partial charge in [-0.05, 0) is 58.6 Å². The van der Waals surface area contributed by atoms with Gasteiger partial charge in [-0.3, -0.25) is 14.5 Å². The number of anilines is 1. The van der Waals surface area contributed by atoms with Crippen molar-refractivity contribution in [1.29, 1.82) is 0 Å². The molecule has 0 saturated carbocycles. The first-order chi connectivity index (χ1) is 13.8. The van der Waals surface area contributed by atoms with Gasteiger partial charge in [0.1, 0.15) is 5.00 Å². The van der Waals surface area contributed by atoms with Crippen LogP contribution in [-0.2, 0) is 27.2 Å². The van der Waals surface area contributed by atoms with Crippen molar-refractivity contribution in [3.63, 3.8) is 0 Å². The van der Waals surface area contributed by atoms with Crippen LogP contribution in [0.5, 0.6) is 0 Å². The molecule has 0 aromatic carbocycles. The molecule has 29 heavy (non-hydrogen) atoms. The summed E-state index contributed by atoms with van der Waals surface area (Å²) in [7, 11) is 1.74. The number of hydrogen-bond donors (Lipinski definition) is 1. The molecule has 0 radical (unpaired) electrons. The summed E-state index contributed by atoms with van der Waals surface area (Å²) in [6.07, 6.45) is 2.77. The minimum Gasteiger partial charge on any atom is -0.462 e. The van der Waals surface area contributed by atoms with Gasteiger partial charge >= 0.3 is 5.97 Å². The maximum absolute atomic E-state index is 12.6. The number of rotatable bonds is 9. The van der Waals surface area contributed by atoms with Crippen LogP contribution >= 0.6 is 11.3 Å². The standard InChI is InChI=1S/C21H33N3O4S/c1-6-24(7-2)18(26)13-23(5)12-17(25)22-20-19(21(27)28-8-3)15-10-9-14(4)11-16(15)29-20/h14H,6-13H2,1-5H3,(H,22,25)/t14-/m1/s1. The molecule has 1 aliphatic carbocycles. The van der Waals surface area contributed by atoms with Gasteiger partial charge in [-0.25, -0.2) is 4.79 Å². The second-order valence-corrected chi connectivity index (χ2v) is 8.67. The molecule has 1 aliphatic rings. The molecule has 1 heterocycles. The van der Waals surface area contributed by atoms with Gasteiger partial charge in [-0.1, -0.05) is 6.92 Å². The summed E-state index contributed by atoms with van der Waals surface area (Å²) in [4.78, 5) is 42.0. The summed E-state index contributed by atoms with van der Waals surface area (Å²) < 4.78 is 5.24. The number of thiophene rings is 1. The van der Waals surface area contributed by atoms with Crippen molar-refractivity contribution in [2.24, 2.45) is 5.92 Å². The van der Waals surface area contributed by atoms with Crippen molar-refractivity contribution in [2.45, 2.75) is 47.0 Å². The van der Waals surface area contributed by atoms with E-state index in [1.54, 1.807) is 23.8 Å². The van der Waals surface area contributed by atoms with E-state index in [1.807, 2.05) is 13.8 Å². The van der Waals surface area contributed by atoms with Gasteiger partial charge in [0.15, 0.2) is 0 Å². The highest BCUT2D eigenvalue weighted by Crippen LogP contribution is 2.40. The highest BCUT2D eigenvalue weighted by molar-refractivity contribution is 7.17. The van der Waals surface area contributed by atoms with Crippen LogP contribution in [0.15, 0.2) is 0 Å². The molecule has 0 fully saturated rings. The minimum atomic E-state index is -0.375. The summed E-state index contributed by atoms with van der Waals surface area (Å²) >= 11 is 1.47. The first kappa shape index (κ1) is 23.3. The number of nitrogens with zero attached hydrogens (tertiary/aromatic N) is 2. The molecular formula is C21H33N3O4S. The Labute approximate surface area is 177 Å². The van der Waals surface area contributed by atoms with E-state index in [4.69, 9.17) is 4.74 Å². The lowest BCUT2D eigenvalue weighted by Crippen LogP contribution is -2.41. The SMILES string of the molecule is CCOC(=O)c1c(NC(=O)CN(C)CC(=O)N(CC)CC)sc2c1CC[C@@H](C)C2. The lowest BCUT2D eigenvalue weighted by atomic mass is 9.88. The number of ether oxygens (including phenoxy) is 1. The Morgan fingerprint density at radius 1 is 1.17 bits per heavy atom. The van der Waals surface area contributed by atoms with Gasteiger partial charge in [-0.2, -0.15) is 0 Å². The van der Waals surface area contributed by atoms with Crippen molar-refractivity contribution in [2.75, 3.05) is 45.2 Å². The van der Waals surface area contributed by atoms with Crippen molar-refractivity contribution < 1.29 is 19.1 Å². The molecule has 0 saturated heterocycles. The Balaban J connectivity index is 2.09. The molecule has 0 bridgehead atoms. The van der Waals surface area contributed by atoms with Gasteiger partial charge in [0.05, 0.1) is 25.3 Å². The van der Waals surface area contributed by atoms with E-state index in [9.17, 15) is 14.4 Å². The molecule has 1 aromatic heterocycles. The molecule has 0 aliphatic heterocycles. The second kappa shape index (κ2) is 10.7. The molecule has 1 N–H and O–H groups in total. The van der Waals surface area contributed by atoms with Gasteiger partial charge in [0.2, 0.25) is 11.8 Å². The van der Waals surface area contributed by atoms with Gasteiger partial charge in [-0.15, -0.1) is 11.3 Å². The largest absolute Gasteiger partial charge is 0.462 e. The maximum atomic E-state index is 12.6. The number of fused-ring (bicyclic) bond motifs is 1. The third-order valence-corrected chi connectivity index (χ3v) is 6.35.